The maximum Gasteiger partial charge on any atom is 0.0178 e. The first-order valence-electron chi connectivity index (χ1n) is 7.11. The molecular formula is C16H27BrN2. The van der Waals surface area contributed by atoms with Crippen LogP contribution in [0.2, 0.25) is 0 Å². The van der Waals surface area contributed by atoms with Crippen LogP contribution in [-0.4, -0.2) is 26.7 Å². The third kappa shape index (κ3) is 5.64. The Morgan fingerprint density at radius 2 is 2.00 bits per heavy atom. The molecule has 19 heavy (non-hydrogen) atoms. The molecule has 0 amide bonds. The van der Waals surface area contributed by atoms with E-state index < -0.39 is 0 Å². The molecule has 0 fully saturated rings. The minimum atomic E-state index is 0.154. The Morgan fingerprint density at radius 3 is 2.58 bits per heavy atom. The van der Waals surface area contributed by atoms with Gasteiger partial charge >= 0.3 is 0 Å². The second kappa shape index (κ2) is 8.03. The van der Waals surface area contributed by atoms with Crippen molar-refractivity contribution >= 4 is 15.9 Å². The lowest BCUT2D eigenvalue weighted by Crippen LogP contribution is -2.37. The summed E-state index contributed by atoms with van der Waals surface area (Å²) in [4.78, 5) is 0. The van der Waals surface area contributed by atoms with Gasteiger partial charge in [0.2, 0.25) is 0 Å². The molecule has 0 aliphatic carbocycles. The first-order chi connectivity index (χ1) is 8.99. The van der Waals surface area contributed by atoms with Crippen LogP contribution in [0, 0.1) is 5.92 Å². The highest BCUT2D eigenvalue weighted by atomic mass is 79.9. The predicted octanol–water partition coefficient (Wildman–Crippen LogP) is 3.56. The normalized spacial score (nSPS) is 13.5. The second-order valence-electron chi connectivity index (χ2n) is 5.86. The zero-order valence-electron chi connectivity index (χ0n) is 12.6. The maximum atomic E-state index is 3.62. The standard InChI is InChI=1S/C16H27BrN2/c1-5-13(10-18-4)11-19-12-16(2,3)14-7-6-8-15(17)9-14/h6-9,13,18-19H,5,10-12H2,1-4H3. The Hall–Kier alpha value is -0.380. The van der Waals surface area contributed by atoms with Crippen LogP contribution in [0.4, 0.5) is 0 Å². The molecule has 2 N–H and O–H groups in total. The van der Waals surface area contributed by atoms with Crippen LogP contribution in [0.15, 0.2) is 28.7 Å². The molecule has 1 atom stereocenters. The third-order valence-corrected chi connectivity index (χ3v) is 4.17. The summed E-state index contributed by atoms with van der Waals surface area (Å²) in [5.41, 5.74) is 1.53. The van der Waals surface area contributed by atoms with Gasteiger partial charge in [0.25, 0.3) is 0 Å². The zero-order chi connectivity index (χ0) is 14.3. The summed E-state index contributed by atoms with van der Waals surface area (Å²) in [6.45, 7) is 10.0. The van der Waals surface area contributed by atoms with E-state index in [0.717, 1.165) is 24.1 Å². The molecule has 1 aromatic carbocycles. The van der Waals surface area contributed by atoms with Gasteiger partial charge in [-0.2, -0.15) is 0 Å². The summed E-state index contributed by atoms with van der Waals surface area (Å²) in [7, 11) is 2.02. The van der Waals surface area contributed by atoms with Gasteiger partial charge in [-0.1, -0.05) is 55.3 Å². The van der Waals surface area contributed by atoms with E-state index in [-0.39, 0.29) is 5.41 Å². The van der Waals surface area contributed by atoms with Crippen molar-refractivity contribution < 1.29 is 0 Å². The number of hydrogen-bond acceptors (Lipinski definition) is 2. The number of hydrogen-bond donors (Lipinski definition) is 2. The van der Waals surface area contributed by atoms with Gasteiger partial charge in [-0.3, -0.25) is 0 Å². The van der Waals surface area contributed by atoms with Crippen LogP contribution in [0.3, 0.4) is 0 Å². The molecule has 0 spiro atoms. The van der Waals surface area contributed by atoms with E-state index in [2.05, 4.69) is 71.6 Å². The maximum absolute atomic E-state index is 3.62. The molecule has 1 unspecified atom stereocenters. The summed E-state index contributed by atoms with van der Waals surface area (Å²) in [6, 6.07) is 8.61. The fourth-order valence-corrected chi connectivity index (χ4v) is 2.65. The smallest absolute Gasteiger partial charge is 0.0178 e. The van der Waals surface area contributed by atoms with Crippen LogP contribution in [0.5, 0.6) is 0 Å². The summed E-state index contributed by atoms with van der Waals surface area (Å²) in [6.07, 6.45) is 1.21. The molecule has 1 aromatic rings. The molecule has 0 aliphatic rings. The predicted molar refractivity (Wildman–Crippen MR) is 87.7 cm³/mol. The molecule has 0 bridgehead atoms. The van der Waals surface area contributed by atoms with Gasteiger partial charge in [-0.25, -0.2) is 0 Å². The molecule has 1 rings (SSSR count). The average Bonchev–Trinajstić information content (AvgIpc) is 2.37. The largest absolute Gasteiger partial charge is 0.319 e. The highest BCUT2D eigenvalue weighted by molar-refractivity contribution is 9.10. The molecular weight excluding hydrogens is 300 g/mol. The van der Waals surface area contributed by atoms with Gasteiger partial charge in [0.05, 0.1) is 0 Å². The number of rotatable bonds is 8. The molecule has 0 saturated heterocycles. The summed E-state index contributed by atoms with van der Waals surface area (Å²) in [5, 5.41) is 6.88. The van der Waals surface area contributed by atoms with E-state index in [1.165, 1.54) is 12.0 Å². The monoisotopic (exact) mass is 326 g/mol. The fourth-order valence-electron chi connectivity index (χ4n) is 2.25. The molecule has 108 valence electrons. The topological polar surface area (TPSA) is 24.1 Å². The molecule has 0 radical (unpaired) electrons. The molecule has 3 heteroatoms. The van der Waals surface area contributed by atoms with Crippen LogP contribution in [0.25, 0.3) is 0 Å². The van der Waals surface area contributed by atoms with E-state index in [0.29, 0.717) is 5.92 Å². The van der Waals surface area contributed by atoms with Crippen molar-refractivity contribution in [3.8, 4) is 0 Å². The van der Waals surface area contributed by atoms with Crippen LogP contribution in [-0.2, 0) is 5.41 Å². The van der Waals surface area contributed by atoms with E-state index in [1.54, 1.807) is 0 Å². The highest BCUT2D eigenvalue weighted by Gasteiger charge is 2.20. The van der Waals surface area contributed by atoms with Crippen molar-refractivity contribution in [1.29, 1.82) is 0 Å². The van der Waals surface area contributed by atoms with Crippen molar-refractivity contribution in [2.24, 2.45) is 5.92 Å². The summed E-state index contributed by atoms with van der Waals surface area (Å²) >= 11 is 3.55. The Balaban J connectivity index is 2.51. The minimum absolute atomic E-state index is 0.154. The Morgan fingerprint density at radius 1 is 1.26 bits per heavy atom. The Kier molecular flexibility index (Phi) is 7.05. The Labute approximate surface area is 126 Å². The second-order valence-corrected chi connectivity index (χ2v) is 6.77. The molecule has 2 nitrogen and oxygen atoms in total. The molecule has 0 aromatic heterocycles. The first kappa shape index (κ1) is 16.7. The lowest BCUT2D eigenvalue weighted by atomic mass is 9.84. The average molecular weight is 327 g/mol. The van der Waals surface area contributed by atoms with Crippen molar-refractivity contribution in [3.63, 3.8) is 0 Å². The Bertz CT molecular complexity index is 377. The number of halogens is 1. The van der Waals surface area contributed by atoms with Crippen LogP contribution in [0.1, 0.15) is 32.8 Å². The summed E-state index contributed by atoms with van der Waals surface area (Å²) in [5.74, 6) is 0.711. The number of nitrogens with one attached hydrogen (secondary N) is 2. The highest BCUT2D eigenvalue weighted by Crippen LogP contribution is 2.25. The van der Waals surface area contributed by atoms with E-state index in [4.69, 9.17) is 0 Å². The van der Waals surface area contributed by atoms with Gasteiger partial charge < -0.3 is 10.6 Å². The van der Waals surface area contributed by atoms with Crippen molar-refractivity contribution in [3.05, 3.63) is 34.3 Å². The summed E-state index contributed by atoms with van der Waals surface area (Å²) < 4.78 is 1.15. The minimum Gasteiger partial charge on any atom is -0.319 e. The SMILES string of the molecule is CCC(CNC)CNCC(C)(C)c1cccc(Br)c1. The lowest BCUT2D eigenvalue weighted by Gasteiger charge is -2.27. The van der Waals surface area contributed by atoms with Crippen molar-refractivity contribution in [2.75, 3.05) is 26.7 Å². The number of benzene rings is 1. The van der Waals surface area contributed by atoms with E-state index in [9.17, 15) is 0 Å². The van der Waals surface area contributed by atoms with Gasteiger partial charge in [0, 0.05) is 16.4 Å². The zero-order valence-corrected chi connectivity index (χ0v) is 14.2. The first-order valence-corrected chi connectivity index (χ1v) is 7.90. The molecule has 0 saturated carbocycles. The van der Waals surface area contributed by atoms with Gasteiger partial charge in [0.1, 0.15) is 0 Å². The van der Waals surface area contributed by atoms with Crippen LogP contribution >= 0.6 is 15.9 Å². The van der Waals surface area contributed by atoms with Crippen LogP contribution < -0.4 is 10.6 Å². The van der Waals surface area contributed by atoms with Crippen molar-refractivity contribution in [2.45, 2.75) is 32.6 Å². The lowest BCUT2D eigenvalue weighted by molar-refractivity contribution is 0.402. The van der Waals surface area contributed by atoms with E-state index >= 15 is 0 Å². The van der Waals surface area contributed by atoms with Gasteiger partial charge in [-0.15, -0.1) is 0 Å². The quantitative estimate of drug-likeness (QED) is 0.763. The van der Waals surface area contributed by atoms with Gasteiger partial charge in [0.15, 0.2) is 0 Å². The third-order valence-electron chi connectivity index (χ3n) is 3.68. The van der Waals surface area contributed by atoms with E-state index in [1.807, 2.05) is 7.05 Å². The van der Waals surface area contributed by atoms with Gasteiger partial charge in [-0.05, 0) is 43.8 Å². The molecule has 0 aliphatic heterocycles. The molecule has 0 heterocycles. The fraction of sp³-hybridized carbons (Fsp3) is 0.625. The van der Waals surface area contributed by atoms with Crippen molar-refractivity contribution in [1.82, 2.24) is 10.6 Å².